The number of piperazine rings is 1. The first-order chi connectivity index (χ1) is 14.5. The summed E-state index contributed by atoms with van der Waals surface area (Å²) in [6, 6.07) is 16.1. The fourth-order valence-electron chi connectivity index (χ4n) is 3.77. The number of benzene rings is 2. The number of hydrogen-bond donors (Lipinski definition) is 4. The van der Waals surface area contributed by atoms with E-state index in [2.05, 4.69) is 29.7 Å². The van der Waals surface area contributed by atoms with Crippen molar-refractivity contribution in [3.63, 3.8) is 0 Å². The third-order valence-electron chi connectivity index (χ3n) is 5.57. The van der Waals surface area contributed by atoms with Crippen LogP contribution < -0.4 is 20.4 Å². The number of nitrogens with one attached hydrogen (secondary N) is 4. The van der Waals surface area contributed by atoms with Gasteiger partial charge in [-0.15, -0.1) is 0 Å². The van der Waals surface area contributed by atoms with Gasteiger partial charge in [-0.25, -0.2) is 4.39 Å². The normalized spacial score (nSPS) is 19.7. The Morgan fingerprint density at radius 3 is 2.20 bits per heavy atom. The van der Waals surface area contributed by atoms with Gasteiger partial charge in [0.1, 0.15) is 32.0 Å². The topological polar surface area (TPSA) is 67.1 Å². The summed E-state index contributed by atoms with van der Waals surface area (Å²) in [6.45, 7) is 6.93. The maximum absolute atomic E-state index is 13.2. The Hall–Kier alpha value is -2.77. The standard InChI is InChI=1S/C23H29FN4O2/c1-18(19-6-3-2-4-7-19)15-25-22(29)16-27-10-12-28(13-11-27)17-23(30)26-21-9-5-8-20(24)14-21/h2-9,14,18H,10-13,15-17H2,1H3,(H,25,29)(H,26,30)/p+2/t18-/m0/s1. The molecule has 6 nitrogen and oxygen atoms in total. The molecule has 30 heavy (non-hydrogen) atoms. The zero-order chi connectivity index (χ0) is 21.3. The fraction of sp³-hybridized carbons (Fsp3) is 0.391. The van der Waals surface area contributed by atoms with Crippen molar-refractivity contribution in [1.29, 1.82) is 0 Å². The number of amides is 2. The van der Waals surface area contributed by atoms with Gasteiger partial charge in [-0.2, -0.15) is 0 Å². The summed E-state index contributed by atoms with van der Waals surface area (Å²) in [5.74, 6) is -0.136. The summed E-state index contributed by atoms with van der Waals surface area (Å²) in [5, 5.41) is 5.79. The lowest BCUT2D eigenvalue weighted by molar-refractivity contribution is -1.00. The lowest BCUT2D eigenvalue weighted by atomic mass is 10.0. The maximum Gasteiger partial charge on any atom is 0.279 e. The van der Waals surface area contributed by atoms with Crippen LogP contribution >= 0.6 is 0 Å². The van der Waals surface area contributed by atoms with Crippen molar-refractivity contribution in [3.05, 3.63) is 66.0 Å². The second kappa shape index (κ2) is 10.8. The molecule has 1 aliphatic rings. The molecule has 0 saturated carbocycles. The van der Waals surface area contributed by atoms with Gasteiger partial charge < -0.3 is 20.4 Å². The molecule has 2 aromatic rings. The summed E-state index contributed by atoms with van der Waals surface area (Å²) in [4.78, 5) is 26.9. The van der Waals surface area contributed by atoms with Crippen molar-refractivity contribution in [1.82, 2.24) is 5.32 Å². The van der Waals surface area contributed by atoms with Crippen molar-refractivity contribution in [2.45, 2.75) is 12.8 Å². The summed E-state index contributed by atoms with van der Waals surface area (Å²) in [5.41, 5.74) is 1.70. The van der Waals surface area contributed by atoms with Crippen molar-refractivity contribution in [2.75, 3.05) is 51.1 Å². The molecule has 1 heterocycles. The molecule has 0 aromatic heterocycles. The van der Waals surface area contributed by atoms with Crippen LogP contribution in [0.5, 0.6) is 0 Å². The van der Waals surface area contributed by atoms with Crippen LogP contribution in [-0.2, 0) is 9.59 Å². The highest BCUT2D eigenvalue weighted by molar-refractivity contribution is 5.91. The Kier molecular flexibility index (Phi) is 7.93. The number of quaternary nitrogens is 2. The highest BCUT2D eigenvalue weighted by Gasteiger charge is 2.26. The van der Waals surface area contributed by atoms with Crippen LogP contribution in [0.15, 0.2) is 54.6 Å². The summed E-state index contributed by atoms with van der Waals surface area (Å²) in [6.07, 6.45) is 0. The van der Waals surface area contributed by atoms with Gasteiger partial charge in [0.25, 0.3) is 11.8 Å². The fourth-order valence-corrected chi connectivity index (χ4v) is 3.77. The molecule has 4 N–H and O–H groups in total. The van der Waals surface area contributed by atoms with Gasteiger partial charge in [0.15, 0.2) is 13.1 Å². The van der Waals surface area contributed by atoms with Gasteiger partial charge in [0, 0.05) is 12.2 Å². The molecule has 2 amide bonds. The Balaban J connectivity index is 1.34. The molecule has 160 valence electrons. The Morgan fingerprint density at radius 1 is 0.933 bits per heavy atom. The maximum atomic E-state index is 13.2. The zero-order valence-electron chi connectivity index (χ0n) is 17.4. The molecular weight excluding hydrogens is 383 g/mol. The molecule has 1 aliphatic heterocycles. The van der Waals surface area contributed by atoms with E-state index in [9.17, 15) is 14.0 Å². The minimum absolute atomic E-state index is 0.0695. The molecule has 1 saturated heterocycles. The molecule has 0 spiro atoms. The molecule has 0 radical (unpaired) electrons. The van der Waals surface area contributed by atoms with E-state index < -0.39 is 0 Å². The van der Waals surface area contributed by atoms with Crippen LogP contribution in [0.4, 0.5) is 10.1 Å². The highest BCUT2D eigenvalue weighted by Crippen LogP contribution is 2.12. The van der Waals surface area contributed by atoms with E-state index in [1.54, 1.807) is 12.1 Å². The second-order valence-electron chi connectivity index (χ2n) is 8.03. The van der Waals surface area contributed by atoms with Crippen LogP contribution in [0.2, 0.25) is 0 Å². The predicted octanol–water partition coefficient (Wildman–Crippen LogP) is -0.532. The van der Waals surface area contributed by atoms with E-state index in [0.717, 1.165) is 26.2 Å². The van der Waals surface area contributed by atoms with Gasteiger partial charge >= 0.3 is 0 Å². The zero-order valence-corrected chi connectivity index (χ0v) is 17.4. The lowest BCUT2D eigenvalue weighted by Gasteiger charge is -2.29. The Bertz CT molecular complexity index is 838. The molecule has 0 unspecified atom stereocenters. The predicted molar refractivity (Wildman–Crippen MR) is 114 cm³/mol. The average molecular weight is 415 g/mol. The van der Waals surface area contributed by atoms with Crippen LogP contribution in [0.1, 0.15) is 18.4 Å². The largest absolute Gasteiger partial charge is 0.351 e. The first-order valence-corrected chi connectivity index (χ1v) is 10.5. The third-order valence-corrected chi connectivity index (χ3v) is 5.57. The first kappa shape index (κ1) is 21.9. The number of carbonyl (C=O) groups is 2. The average Bonchev–Trinajstić information content (AvgIpc) is 2.74. The monoisotopic (exact) mass is 414 g/mol. The first-order valence-electron chi connectivity index (χ1n) is 10.5. The van der Waals surface area contributed by atoms with E-state index in [4.69, 9.17) is 0 Å². The van der Waals surface area contributed by atoms with E-state index in [1.807, 2.05) is 18.2 Å². The van der Waals surface area contributed by atoms with E-state index in [1.165, 1.54) is 27.5 Å². The highest BCUT2D eigenvalue weighted by atomic mass is 19.1. The molecule has 3 rings (SSSR count). The molecule has 7 heteroatoms. The summed E-state index contributed by atoms with van der Waals surface area (Å²) in [7, 11) is 0. The quantitative estimate of drug-likeness (QED) is 0.469. The summed E-state index contributed by atoms with van der Waals surface area (Å²) >= 11 is 0. The number of rotatable bonds is 8. The van der Waals surface area contributed by atoms with Crippen molar-refractivity contribution < 1.29 is 23.8 Å². The number of anilines is 1. The van der Waals surface area contributed by atoms with Crippen LogP contribution in [0.3, 0.4) is 0 Å². The number of hydrogen-bond acceptors (Lipinski definition) is 2. The SMILES string of the molecule is C[C@@H](CNC(=O)C[NH+]1CC[NH+](CC(=O)Nc2cccc(F)c2)CC1)c1ccccc1. The molecule has 2 aromatic carbocycles. The third kappa shape index (κ3) is 6.93. The molecule has 0 bridgehead atoms. The van der Waals surface area contributed by atoms with Crippen molar-refractivity contribution >= 4 is 17.5 Å². The van der Waals surface area contributed by atoms with Gasteiger partial charge in [-0.3, -0.25) is 9.59 Å². The van der Waals surface area contributed by atoms with E-state index in [-0.39, 0.29) is 23.5 Å². The Morgan fingerprint density at radius 2 is 1.57 bits per heavy atom. The van der Waals surface area contributed by atoms with Crippen LogP contribution in [0.25, 0.3) is 0 Å². The minimum Gasteiger partial charge on any atom is -0.351 e. The molecule has 1 fully saturated rings. The van der Waals surface area contributed by atoms with Gasteiger partial charge in [-0.1, -0.05) is 43.3 Å². The number of carbonyl (C=O) groups excluding carboxylic acids is 2. The van der Waals surface area contributed by atoms with Crippen molar-refractivity contribution in [3.8, 4) is 0 Å². The molecular formula is C23H31FN4O2+2. The number of halogens is 1. The van der Waals surface area contributed by atoms with Gasteiger partial charge in [0.2, 0.25) is 0 Å². The summed E-state index contributed by atoms with van der Waals surface area (Å²) < 4.78 is 13.2. The van der Waals surface area contributed by atoms with Crippen LogP contribution in [-0.4, -0.2) is 57.6 Å². The van der Waals surface area contributed by atoms with E-state index in [0.29, 0.717) is 25.3 Å². The minimum atomic E-state index is -0.367. The van der Waals surface area contributed by atoms with Crippen molar-refractivity contribution in [2.24, 2.45) is 0 Å². The van der Waals surface area contributed by atoms with Gasteiger partial charge in [-0.05, 0) is 29.7 Å². The van der Waals surface area contributed by atoms with E-state index >= 15 is 0 Å². The van der Waals surface area contributed by atoms with Gasteiger partial charge in [0.05, 0.1) is 0 Å². The van der Waals surface area contributed by atoms with Crippen LogP contribution in [0, 0.1) is 5.82 Å². The molecule has 1 atom stereocenters. The molecule has 0 aliphatic carbocycles. The second-order valence-corrected chi connectivity index (χ2v) is 8.03. The lowest BCUT2D eigenvalue weighted by Crippen LogP contribution is -3.28. The smallest absolute Gasteiger partial charge is 0.279 e. The Labute approximate surface area is 177 Å².